The maximum Gasteiger partial charge on any atom is 0.410 e. The molecule has 0 aliphatic carbocycles. The van der Waals surface area contributed by atoms with E-state index in [2.05, 4.69) is 17.6 Å². The van der Waals surface area contributed by atoms with E-state index in [-0.39, 0.29) is 12.1 Å². The molecule has 0 spiro atoms. The summed E-state index contributed by atoms with van der Waals surface area (Å²) in [6.45, 7) is 10.9. The highest BCUT2D eigenvalue weighted by atomic mass is 16.6. The maximum atomic E-state index is 12.2. The average molecular weight is 297 g/mol. The first-order valence-corrected chi connectivity index (χ1v) is 8.31. The van der Waals surface area contributed by atoms with Gasteiger partial charge in [0.05, 0.1) is 0 Å². The van der Waals surface area contributed by atoms with Gasteiger partial charge in [-0.05, 0) is 66.5 Å². The van der Waals surface area contributed by atoms with Gasteiger partial charge in [0.1, 0.15) is 5.60 Å². The minimum atomic E-state index is -0.416. The van der Waals surface area contributed by atoms with E-state index in [4.69, 9.17) is 4.74 Å². The molecule has 0 radical (unpaired) electrons. The Bertz CT molecular complexity index is 348. The van der Waals surface area contributed by atoms with Gasteiger partial charge in [0, 0.05) is 24.7 Å². The first-order valence-electron chi connectivity index (χ1n) is 8.31. The van der Waals surface area contributed by atoms with Gasteiger partial charge in [-0.1, -0.05) is 0 Å². The minimum Gasteiger partial charge on any atom is -0.444 e. The number of rotatable bonds is 2. The SMILES string of the molecule is CC1CC(NC2CCNCC2)CCN1C(=O)OC(C)(C)C. The van der Waals surface area contributed by atoms with Crippen molar-refractivity contribution in [3.8, 4) is 0 Å². The van der Waals surface area contributed by atoms with Crippen molar-refractivity contribution in [3.63, 3.8) is 0 Å². The van der Waals surface area contributed by atoms with Crippen LogP contribution in [0.1, 0.15) is 53.4 Å². The van der Waals surface area contributed by atoms with Gasteiger partial charge in [0.2, 0.25) is 0 Å². The Morgan fingerprint density at radius 2 is 1.86 bits per heavy atom. The molecule has 0 aromatic rings. The highest BCUT2D eigenvalue weighted by molar-refractivity contribution is 5.68. The molecule has 0 aromatic carbocycles. The number of ether oxygens (including phenoxy) is 1. The molecule has 2 heterocycles. The lowest BCUT2D eigenvalue weighted by Gasteiger charge is -2.40. The third-order valence-corrected chi connectivity index (χ3v) is 4.31. The van der Waals surface area contributed by atoms with Crippen LogP contribution in [0.2, 0.25) is 0 Å². The molecular weight excluding hydrogens is 266 g/mol. The van der Waals surface area contributed by atoms with Gasteiger partial charge in [-0.2, -0.15) is 0 Å². The van der Waals surface area contributed by atoms with Crippen molar-refractivity contribution < 1.29 is 9.53 Å². The lowest BCUT2D eigenvalue weighted by molar-refractivity contribution is 0.00886. The van der Waals surface area contributed by atoms with Gasteiger partial charge >= 0.3 is 6.09 Å². The van der Waals surface area contributed by atoms with E-state index >= 15 is 0 Å². The first kappa shape index (κ1) is 16.6. The largest absolute Gasteiger partial charge is 0.444 e. The third-order valence-electron chi connectivity index (χ3n) is 4.31. The fourth-order valence-electron chi connectivity index (χ4n) is 3.24. The maximum absolute atomic E-state index is 12.2. The van der Waals surface area contributed by atoms with Crippen LogP contribution in [0.25, 0.3) is 0 Å². The second-order valence-electron chi connectivity index (χ2n) is 7.43. The Balaban J connectivity index is 1.79. The molecular formula is C16H31N3O2. The Kier molecular flexibility index (Phi) is 5.49. The number of hydrogen-bond donors (Lipinski definition) is 2. The Labute approximate surface area is 128 Å². The van der Waals surface area contributed by atoms with Gasteiger partial charge in [-0.25, -0.2) is 4.79 Å². The second-order valence-corrected chi connectivity index (χ2v) is 7.43. The number of nitrogens with one attached hydrogen (secondary N) is 2. The number of nitrogens with zero attached hydrogens (tertiary/aromatic N) is 1. The molecule has 2 atom stereocenters. The first-order chi connectivity index (χ1) is 9.85. The summed E-state index contributed by atoms with van der Waals surface area (Å²) < 4.78 is 5.49. The molecule has 2 unspecified atom stereocenters. The zero-order valence-electron chi connectivity index (χ0n) is 13.9. The lowest BCUT2D eigenvalue weighted by atomic mass is 9.96. The summed E-state index contributed by atoms with van der Waals surface area (Å²) in [5.41, 5.74) is -0.416. The van der Waals surface area contributed by atoms with Crippen LogP contribution in [-0.4, -0.2) is 54.4 Å². The smallest absolute Gasteiger partial charge is 0.410 e. The summed E-state index contributed by atoms with van der Waals surface area (Å²) in [6.07, 6.45) is 4.29. The molecule has 2 fully saturated rings. The van der Waals surface area contributed by atoms with Gasteiger partial charge in [-0.15, -0.1) is 0 Å². The molecule has 0 bridgehead atoms. The molecule has 5 nitrogen and oxygen atoms in total. The number of amides is 1. The highest BCUT2D eigenvalue weighted by Gasteiger charge is 2.32. The molecule has 2 aliphatic heterocycles. The van der Waals surface area contributed by atoms with Gasteiger partial charge in [-0.3, -0.25) is 0 Å². The zero-order chi connectivity index (χ0) is 15.5. The van der Waals surface area contributed by atoms with Crippen LogP contribution in [0.5, 0.6) is 0 Å². The van der Waals surface area contributed by atoms with E-state index in [0.29, 0.717) is 12.1 Å². The standard InChI is InChI=1S/C16H31N3O2/c1-12-11-14(18-13-5-8-17-9-6-13)7-10-19(12)15(20)21-16(2,3)4/h12-14,17-18H,5-11H2,1-4H3. The summed E-state index contributed by atoms with van der Waals surface area (Å²) in [7, 11) is 0. The number of piperidine rings is 2. The van der Waals surface area contributed by atoms with E-state index in [9.17, 15) is 4.79 Å². The van der Waals surface area contributed by atoms with Crippen molar-refractivity contribution in [2.45, 2.75) is 77.1 Å². The van der Waals surface area contributed by atoms with Crippen LogP contribution in [0.3, 0.4) is 0 Å². The van der Waals surface area contributed by atoms with Gasteiger partial charge in [0.15, 0.2) is 0 Å². The van der Waals surface area contributed by atoms with E-state index in [1.165, 1.54) is 12.8 Å². The average Bonchev–Trinajstić information content (AvgIpc) is 2.37. The van der Waals surface area contributed by atoms with E-state index in [1.807, 2.05) is 25.7 Å². The molecule has 0 saturated carbocycles. The van der Waals surface area contributed by atoms with Crippen LogP contribution in [-0.2, 0) is 4.74 Å². The van der Waals surface area contributed by atoms with Crippen molar-refractivity contribution in [3.05, 3.63) is 0 Å². The molecule has 2 saturated heterocycles. The second kappa shape index (κ2) is 6.97. The molecule has 122 valence electrons. The van der Waals surface area contributed by atoms with Crippen LogP contribution in [0.15, 0.2) is 0 Å². The van der Waals surface area contributed by atoms with Gasteiger partial charge in [0.25, 0.3) is 0 Å². The molecule has 0 aromatic heterocycles. The fraction of sp³-hybridized carbons (Fsp3) is 0.938. The van der Waals surface area contributed by atoms with Crippen LogP contribution in [0, 0.1) is 0 Å². The Morgan fingerprint density at radius 1 is 1.19 bits per heavy atom. The topological polar surface area (TPSA) is 53.6 Å². The predicted molar refractivity (Wildman–Crippen MR) is 84.5 cm³/mol. The van der Waals surface area contributed by atoms with Crippen LogP contribution in [0.4, 0.5) is 4.79 Å². The van der Waals surface area contributed by atoms with Gasteiger partial charge < -0.3 is 20.3 Å². The highest BCUT2D eigenvalue weighted by Crippen LogP contribution is 2.21. The van der Waals surface area contributed by atoms with Crippen molar-refractivity contribution in [1.29, 1.82) is 0 Å². The van der Waals surface area contributed by atoms with Crippen LogP contribution < -0.4 is 10.6 Å². The van der Waals surface area contributed by atoms with E-state index in [1.54, 1.807) is 0 Å². The molecule has 2 rings (SSSR count). The predicted octanol–water partition coefficient (Wildman–Crippen LogP) is 2.12. The van der Waals surface area contributed by atoms with Crippen molar-refractivity contribution in [1.82, 2.24) is 15.5 Å². The van der Waals surface area contributed by atoms with Crippen molar-refractivity contribution >= 4 is 6.09 Å². The number of likely N-dealkylation sites (tertiary alicyclic amines) is 1. The van der Waals surface area contributed by atoms with Crippen LogP contribution >= 0.6 is 0 Å². The summed E-state index contributed by atoms with van der Waals surface area (Å²) >= 11 is 0. The quantitative estimate of drug-likeness (QED) is 0.820. The Morgan fingerprint density at radius 3 is 2.43 bits per heavy atom. The lowest BCUT2D eigenvalue weighted by Crippen LogP contribution is -2.53. The molecule has 2 aliphatic rings. The molecule has 2 N–H and O–H groups in total. The minimum absolute atomic E-state index is 0.171. The number of hydrogen-bond acceptors (Lipinski definition) is 4. The summed E-state index contributed by atoms with van der Waals surface area (Å²) in [4.78, 5) is 14.1. The summed E-state index contributed by atoms with van der Waals surface area (Å²) in [5, 5.41) is 7.17. The normalized spacial score (nSPS) is 28.5. The molecule has 1 amide bonds. The Hall–Kier alpha value is -0.810. The summed E-state index contributed by atoms with van der Waals surface area (Å²) in [5.74, 6) is 0. The van der Waals surface area contributed by atoms with E-state index in [0.717, 1.165) is 32.5 Å². The van der Waals surface area contributed by atoms with Crippen molar-refractivity contribution in [2.75, 3.05) is 19.6 Å². The molecule has 5 heteroatoms. The number of carbonyl (C=O) groups is 1. The monoisotopic (exact) mass is 297 g/mol. The zero-order valence-corrected chi connectivity index (χ0v) is 13.9. The number of carbonyl (C=O) groups excluding carboxylic acids is 1. The molecule has 21 heavy (non-hydrogen) atoms. The summed E-state index contributed by atoms with van der Waals surface area (Å²) in [6, 6.07) is 1.41. The third kappa shape index (κ3) is 5.15. The van der Waals surface area contributed by atoms with Crippen molar-refractivity contribution in [2.24, 2.45) is 0 Å². The van der Waals surface area contributed by atoms with E-state index < -0.39 is 5.60 Å². The fourth-order valence-corrected chi connectivity index (χ4v) is 3.24.